The fourth-order valence-corrected chi connectivity index (χ4v) is 3.71. The number of hydrogen-bond donors (Lipinski definition) is 1. The van der Waals surface area contributed by atoms with Crippen molar-refractivity contribution in [1.82, 2.24) is 15.5 Å². The van der Waals surface area contributed by atoms with Crippen LogP contribution in [0, 0.1) is 5.92 Å². The zero-order valence-corrected chi connectivity index (χ0v) is 12.7. The lowest BCUT2D eigenvalue weighted by atomic mass is 9.76. The van der Waals surface area contributed by atoms with E-state index in [2.05, 4.69) is 24.3 Å². The SMILES string of the molecule is COC1(c2noc(C3(C(C)C)CCNC3)n2)CCCC1. The van der Waals surface area contributed by atoms with Gasteiger partial charge in [0.1, 0.15) is 5.60 Å². The molecule has 1 atom stereocenters. The van der Waals surface area contributed by atoms with E-state index in [9.17, 15) is 0 Å². The molecule has 2 aliphatic rings. The molecular formula is C15H25N3O2. The Bertz CT molecular complexity index is 457. The molecule has 3 rings (SSSR count). The Kier molecular flexibility index (Phi) is 3.58. The van der Waals surface area contributed by atoms with Gasteiger partial charge in [0.2, 0.25) is 11.7 Å². The molecule has 0 aromatic carbocycles. The van der Waals surface area contributed by atoms with Crippen LogP contribution in [0.15, 0.2) is 4.52 Å². The third-order valence-electron chi connectivity index (χ3n) is 5.35. The third-order valence-corrected chi connectivity index (χ3v) is 5.35. The molecule has 1 unspecified atom stereocenters. The number of hydrogen-bond acceptors (Lipinski definition) is 5. The van der Waals surface area contributed by atoms with Crippen LogP contribution in [-0.2, 0) is 15.8 Å². The van der Waals surface area contributed by atoms with Crippen LogP contribution < -0.4 is 5.32 Å². The fourth-order valence-electron chi connectivity index (χ4n) is 3.71. The van der Waals surface area contributed by atoms with E-state index in [0.29, 0.717) is 5.92 Å². The summed E-state index contributed by atoms with van der Waals surface area (Å²) in [5, 5.41) is 7.71. The first kappa shape index (κ1) is 14.0. The zero-order valence-electron chi connectivity index (χ0n) is 12.7. The largest absolute Gasteiger partial charge is 0.370 e. The van der Waals surface area contributed by atoms with Crippen molar-refractivity contribution in [2.24, 2.45) is 5.92 Å². The van der Waals surface area contributed by atoms with Gasteiger partial charge < -0.3 is 14.6 Å². The summed E-state index contributed by atoms with van der Waals surface area (Å²) in [6, 6.07) is 0. The van der Waals surface area contributed by atoms with Gasteiger partial charge in [0.15, 0.2) is 0 Å². The second-order valence-corrected chi connectivity index (χ2v) is 6.57. The summed E-state index contributed by atoms with van der Waals surface area (Å²) in [4.78, 5) is 4.77. The molecule has 20 heavy (non-hydrogen) atoms. The van der Waals surface area contributed by atoms with Crippen LogP contribution in [0.5, 0.6) is 0 Å². The standard InChI is InChI=1S/C15H25N3O2/c1-11(2)14(8-9-16-10-14)13-17-12(18-20-13)15(19-3)6-4-5-7-15/h11,16H,4-10H2,1-3H3. The van der Waals surface area contributed by atoms with Gasteiger partial charge in [-0.15, -0.1) is 0 Å². The van der Waals surface area contributed by atoms with E-state index < -0.39 is 0 Å². The predicted octanol–water partition coefficient (Wildman–Crippen LogP) is 2.37. The second kappa shape index (κ2) is 5.11. The summed E-state index contributed by atoms with van der Waals surface area (Å²) in [5.41, 5.74) is -0.329. The van der Waals surface area contributed by atoms with E-state index in [1.807, 2.05) is 0 Å². The van der Waals surface area contributed by atoms with Gasteiger partial charge in [0.25, 0.3) is 0 Å². The lowest BCUT2D eigenvalue weighted by Crippen LogP contribution is -2.35. The van der Waals surface area contributed by atoms with E-state index in [1.54, 1.807) is 7.11 Å². The fraction of sp³-hybridized carbons (Fsp3) is 0.867. The maximum absolute atomic E-state index is 5.75. The maximum Gasteiger partial charge on any atom is 0.234 e. The number of rotatable bonds is 4. The van der Waals surface area contributed by atoms with Crippen molar-refractivity contribution in [2.45, 2.75) is 57.0 Å². The van der Waals surface area contributed by atoms with Crippen molar-refractivity contribution < 1.29 is 9.26 Å². The molecule has 112 valence electrons. The Hall–Kier alpha value is -0.940. The van der Waals surface area contributed by atoms with E-state index >= 15 is 0 Å². The van der Waals surface area contributed by atoms with Gasteiger partial charge >= 0.3 is 0 Å². The average Bonchev–Trinajstić information content (AvgIpc) is 3.18. The number of ether oxygens (including phenoxy) is 1. The van der Waals surface area contributed by atoms with Crippen molar-refractivity contribution >= 4 is 0 Å². The molecule has 1 aliphatic heterocycles. The molecule has 1 aliphatic carbocycles. The van der Waals surface area contributed by atoms with Crippen molar-refractivity contribution in [3.8, 4) is 0 Å². The molecule has 2 fully saturated rings. The van der Waals surface area contributed by atoms with Crippen LogP contribution >= 0.6 is 0 Å². The van der Waals surface area contributed by atoms with Gasteiger partial charge in [-0.2, -0.15) is 4.98 Å². The van der Waals surface area contributed by atoms with Gasteiger partial charge in [-0.25, -0.2) is 0 Å². The summed E-state index contributed by atoms with van der Waals surface area (Å²) in [6.07, 6.45) is 5.40. The Balaban J connectivity index is 1.93. The molecule has 1 saturated heterocycles. The molecule has 5 nitrogen and oxygen atoms in total. The van der Waals surface area contributed by atoms with Crippen molar-refractivity contribution in [3.63, 3.8) is 0 Å². The topological polar surface area (TPSA) is 60.2 Å². The zero-order chi connectivity index (χ0) is 14.2. The normalized spacial score (nSPS) is 29.4. The van der Waals surface area contributed by atoms with E-state index in [4.69, 9.17) is 14.2 Å². The van der Waals surface area contributed by atoms with Crippen molar-refractivity contribution in [2.75, 3.05) is 20.2 Å². The Morgan fingerprint density at radius 3 is 2.55 bits per heavy atom. The molecule has 0 amide bonds. The highest BCUT2D eigenvalue weighted by Gasteiger charge is 2.46. The third kappa shape index (κ3) is 1.99. The molecule has 0 radical (unpaired) electrons. The monoisotopic (exact) mass is 279 g/mol. The minimum Gasteiger partial charge on any atom is -0.370 e. The van der Waals surface area contributed by atoms with Crippen LogP contribution in [0.4, 0.5) is 0 Å². The summed E-state index contributed by atoms with van der Waals surface area (Å²) >= 11 is 0. The average molecular weight is 279 g/mol. The van der Waals surface area contributed by atoms with E-state index in [1.165, 1.54) is 12.8 Å². The van der Waals surface area contributed by atoms with Crippen LogP contribution in [-0.4, -0.2) is 30.3 Å². The molecule has 1 aromatic rings. The molecular weight excluding hydrogens is 254 g/mol. The smallest absolute Gasteiger partial charge is 0.234 e. The summed E-state index contributed by atoms with van der Waals surface area (Å²) < 4.78 is 11.4. The van der Waals surface area contributed by atoms with Gasteiger partial charge in [-0.3, -0.25) is 0 Å². The molecule has 5 heteroatoms. The van der Waals surface area contributed by atoms with Gasteiger partial charge in [0, 0.05) is 13.7 Å². The first-order valence-electron chi connectivity index (χ1n) is 7.73. The Morgan fingerprint density at radius 2 is 2.00 bits per heavy atom. The van der Waals surface area contributed by atoms with Gasteiger partial charge in [-0.1, -0.05) is 19.0 Å². The lowest BCUT2D eigenvalue weighted by Gasteiger charge is -2.28. The first-order chi connectivity index (χ1) is 9.63. The van der Waals surface area contributed by atoms with Crippen LogP contribution in [0.1, 0.15) is 57.7 Å². The highest BCUT2D eigenvalue weighted by atomic mass is 16.5. The van der Waals surface area contributed by atoms with E-state index in [0.717, 1.165) is 44.1 Å². The van der Waals surface area contributed by atoms with Crippen molar-refractivity contribution in [1.29, 1.82) is 0 Å². The minimum absolute atomic E-state index is 0.0151. The Morgan fingerprint density at radius 1 is 1.25 bits per heavy atom. The quantitative estimate of drug-likeness (QED) is 0.917. The maximum atomic E-state index is 5.75. The summed E-state index contributed by atoms with van der Waals surface area (Å²) in [7, 11) is 1.76. The highest BCUT2D eigenvalue weighted by Crippen LogP contribution is 2.42. The second-order valence-electron chi connectivity index (χ2n) is 6.57. The van der Waals surface area contributed by atoms with Crippen molar-refractivity contribution in [3.05, 3.63) is 11.7 Å². The van der Waals surface area contributed by atoms with Crippen LogP contribution in [0.3, 0.4) is 0 Å². The lowest BCUT2D eigenvalue weighted by molar-refractivity contribution is -0.0178. The predicted molar refractivity (Wildman–Crippen MR) is 75.5 cm³/mol. The highest BCUT2D eigenvalue weighted by molar-refractivity contribution is 5.14. The van der Waals surface area contributed by atoms with Crippen LogP contribution in [0.25, 0.3) is 0 Å². The number of nitrogens with zero attached hydrogens (tertiary/aromatic N) is 2. The first-order valence-corrected chi connectivity index (χ1v) is 7.73. The molecule has 0 bridgehead atoms. The minimum atomic E-state index is -0.314. The number of aromatic nitrogens is 2. The summed E-state index contributed by atoms with van der Waals surface area (Å²) in [5.74, 6) is 2.02. The molecule has 0 spiro atoms. The van der Waals surface area contributed by atoms with Gasteiger partial charge in [0.05, 0.1) is 5.41 Å². The molecule has 1 N–H and O–H groups in total. The van der Waals surface area contributed by atoms with Gasteiger partial charge in [-0.05, 0) is 44.6 Å². The van der Waals surface area contributed by atoms with Crippen LogP contribution in [0.2, 0.25) is 0 Å². The number of methoxy groups -OCH3 is 1. The summed E-state index contributed by atoms with van der Waals surface area (Å²) in [6.45, 7) is 6.41. The molecule has 1 aromatic heterocycles. The van der Waals surface area contributed by atoms with E-state index in [-0.39, 0.29) is 11.0 Å². The number of nitrogens with one attached hydrogen (secondary N) is 1. The molecule has 1 saturated carbocycles. The Labute approximate surface area is 120 Å². The molecule has 2 heterocycles.